The third-order valence-electron chi connectivity index (χ3n) is 1.75. The number of carbonyl (C=O) groups is 1. The summed E-state index contributed by atoms with van der Waals surface area (Å²) in [5, 5.41) is 8.66. The highest BCUT2D eigenvalue weighted by Crippen LogP contribution is 2.26. The Morgan fingerprint density at radius 3 is 2.38 bits per heavy atom. The maximum atomic E-state index is 13.1. The smallest absolute Gasteiger partial charge is 0.339 e. The number of hydrogen-bond acceptors (Lipinski definition) is 4. The fourth-order valence-electron chi connectivity index (χ4n) is 1.06. The molecule has 1 rings (SSSR count). The van der Waals surface area contributed by atoms with Crippen LogP contribution in [0, 0.1) is 5.82 Å². The number of methoxy groups -OCH3 is 1. The normalized spacial score (nSPS) is 11.2. The first-order valence-corrected chi connectivity index (χ1v) is 5.21. The molecule has 0 spiro atoms. The van der Waals surface area contributed by atoms with Crippen molar-refractivity contribution in [1.82, 2.24) is 0 Å². The summed E-state index contributed by atoms with van der Waals surface area (Å²) < 4.78 is 51.1. The minimum atomic E-state index is -5.31. The molecule has 0 atom stereocenters. The average Bonchev–Trinajstić information content (AvgIpc) is 2.14. The Balaban J connectivity index is 3.58. The van der Waals surface area contributed by atoms with E-state index in [-0.39, 0.29) is 0 Å². The van der Waals surface area contributed by atoms with E-state index < -0.39 is 38.2 Å². The van der Waals surface area contributed by atoms with Crippen LogP contribution in [0.1, 0.15) is 10.4 Å². The fourth-order valence-corrected chi connectivity index (χ4v) is 1.61. The molecule has 0 saturated heterocycles. The van der Waals surface area contributed by atoms with Crippen LogP contribution in [0.3, 0.4) is 0 Å². The number of carboxylic acid groups (broad SMARTS) is 1. The molecule has 88 valence electrons. The van der Waals surface area contributed by atoms with Crippen LogP contribution >= 0.6 is 0 Å². The second-order valence-corrected chi connectivity index (χ2v) is 4.04. The maximum Gasteiger partial charge on any atom is 0.339 e. The van der Waals surface area contributed by atoms with Gasteiger partial charge in [-0.15, -0.1) is 3.89 Å². The Kier molecular flexibility index (Phi) is 3.13. The van der Waals surface area contributed by atoms with E-state index in [2.05, 4.69) is 4.74 Å². The highest BCUT2D eigenvalue weighted by atomic mass is 32.3. The summed E-state index contributed by atoms with van der Waals surface area (Å²) >= 11 is 0. The van der Waals surface area contributed by atoms with Gasteiger partial charge < -0.3 is 9.84 Å². The van der Waals surface area contributed by atoms with E-state index >= 15 is 0 Å². The lowest BCUT2D eigenvalue weighted by Crippen LogP contribution is -2.05. The van der Waals surface area contributed by atoms with Crippen LogP contribution in [-0.4, -0.2) is 26.6 Å². The van der Waals surface area contributed by atoms with Crippen LogP contribution in [0.5, 0.6) is 5.75 Å². The summed E-state index contributed by atoms with van der Waals surface area (Å²) in [7, 11) is -4.23. The summed E-state index contributed by atoms with van der Waals surface area (Å²) in [6.45, 7) is 0. The van der Waals surface area contributed by atoms with Crippen LogP contribution in [0.4, 0.5) is 8.28 Å². The van der Waals surface area contributed by atoms with Crippen molar-refractivity contribution in [2.45, 2.75) is 4.90 Å². The minimum absolute atomic E-state index is 0.367. The van der Waals surface area contributed by atoms with Crippen molar-refractivity contribution in [3.8, 4) is 5.75 Å². The Hall–Kier alpha value is -1.70. The number of halogens is 2. The molecule has 0 amide bonds. The summed E-state index contributed by atoms with van der Waals surface area (Å²) in [6.07, 6.45) is 0. The molecule has 0 aliphatic rings. The monoisotopic (exact) mass is 252 g/mol. The molecule has 0 aromatic heterocycles. The molecule has 16 heavy (non-hydrogen) atoms. The van der Waals surface area contributed by atoms with Gasteiger partial charge in [-0.25, -0.2) is 9.18 Å². The number of hydrogen-bond donors (Lipinski definition) is 1. The van der Waals surface area contributed by atoms with E-state index in [4.69, 9.17) is 5.11 Å². The molecule has 0 heterocycles. The van der Waals surface area contributed by atoms with E-state index in [1.165, 1.54) is 0 Å². The Labute approximate surface area is 89.5 Å². The minimum Gasteiger partial charge on any atom is -0.496 e. The van der Waals surface area contributed by atoms with Crippen molar-refractivity contribution >= 4 is 16.2 Å². The Morgan fingerprint density at radius 1 is 1.44 bits per heavy atom. The molecule has 1 aromatic rings. The van der Waals surface area contributed by atoms with Gasteiger partial charge in [0.2, 0.25) is 0 Å². The van der Waals surface area contributed by atoms with Gasteiger partial charge >= 0.3 is 16.2 Å². The maximum absolute atomic E-state index is 13.1. The van der Waals surface area contributed by atoms with Crippen LogP contribution in [-0.2, 0) is 10.2 Å². The Bertz CT molecular complexity index is 538. The van der Waals surface area contributed by atoms with Gasteiger partial charge in [-0.2, -0.15) is 8.42 Å². The van der Waals surface area contributed by atoms with Crippen LogP contribution in [0.15, 0.2) is 17.0 Å². The second-order valence-electron chi connectivity index (χ2n) is 2.73. The van der Waals surface area contributed by atoms with Gasteiger partial charge in [-0.05, 0) is 6.07 Å². The molecule has 0 fully saturated rings. The highest BCUT2D eigenvalue weighted by Gasteiger charge is 2.23. The zero-order valence-electron chi connectivity index (χ0n) is 7.90. The molecule has 0 aliphatic heterocycles. The van der Waals surface area contributed by atoms with Crippen molar-refractivity contribution < 1.29 is 31.3 Å². The second kappa shape index (κ2) is 4.05. The zero-order valence-corrected chi connectivity index (χ0v) is 8.72. The number of benzene rings is 1. The molecule has 0 aliphatic carbocycles. The van der Waals surface area contributed by atoms with Crippen molar-refractivity contribution in [2.24, 2.45) is 0 Å². The molecule has 0 bridgehead atoms. The molecular formula is C8H6F2O5S. The molecule has 0 radical (unpaired) electrons. The summed E-state index contributed by atoms with van der Waals surface area (Å²) in [5.74, 6) is -3.36. The molecule has 5 nitrogen and oxygen atoms in total. The summed E-state index contributed by atoms with van der Waals surface area (Å²) in [5.41, 5.74) is -0.639. The first kappa shape index (κ1) is 12.4. The SMILES string of the molecule is COc1cc(F)c(S(=O)(=O)F)cc1C(=O)O. The fraction of sp³-hybridized carbons (Fsp3) is 0.125. The van der Waals surface area contributed by atoms with Crippen molar-refractivity contribution in [3.63, 3.8) is 0 Å². The van der Waals surface area contributed by atoms with Gasteiger partial charge in [0.25, 0.3) is 0 Å². The van der Waals surface area contributed by atoms with E-state index in [9.17, 15) is 21.5 Å². The lowest BCUT2D eigenvalue weighted by atomic mass is 10.2. The summed E-state index contributed by atoms with van der Waals surface area (Å²) in [6, 6.07) is 0.863. The van der Waals surface area contributed by atoms with Gasteiger partial charge in [-0.1, -0.05) is 0 Å². The van der Waals surface area contributed by atoms with E-state index in [1.54, 1.807) is 0 Å². The third kappa shape index (κ3) is 2.27. The van der Waals surface area contributed by atoms with Gasteiger partial charge in [-0.3, -0.25) is 0 Å². The lowest BCUT2D eigenvalue weighted by Gasteiger charge is -2.06. The first-order valence-electron chi connectivity index (χ1n) is 3.83. The zero-order chi connectivity index (χ0) is 12.5. The molecular weight excluding hydrogens is 246 g/mol. The van der Waals surface area contributed by atoms with Gasteiger partial charge in [0, 0.05) is 6.07 Å². The summed E-state index contributed by atoms with van der Waals surface area (Å²) in [4.78, 5) is 9.32. The number of rotatable bonds is 3. The van der Waals surface area contributed by atoms with Crippen molar-refractivity contribution in [2.75, 3.05) is 7.11 Å². The molecule has 0 unspecified atom stereocenters. The number of aromatic carboxylic acids is 1. The largest absolute Gasteiger partial charge is 0.496 e. The van der Waals surface area contributed by atoms with Crippen LogP contribution in [0.2, 0.25) is 0 Å². The third-order valence-corrected chi connectivity index (χ3v) is 2.59. The molecule has 1 N–H and O–H groups in total. The molecule has 8 heteroatoms. The van der Waals surface area contributed by atoms with Gasteiger partial charge in [0.05, 0.1) is 7.11 Å². The van der Waals surface area contributed by atoms with E-state index in [1.807, 2.05) is 0 Å². The quantitative estimate of drug-likeness (QED) is 0.817. The number of carboxylic acids is 1. The predicted octanol–water partition coefficient (Wildman–Crippen LogP) is 1.19. The topological polar surface area (TPSA) is 80.7 Å². The molecule has 0 saturated carbocycles. The average molecular weight is 252 g/mol. The van der Waals surface area contributed by atoms with Crippen LogP contribution < -0.4 is 4.74 Å². The van der Waals surface area contributed by atoms with E-state index in [0.29, 0.717) is 12.1 Å². The molecule has 1 aromatic carbocycles. The first-order chi connectivity index (χ1) is 7.27. The van der Waals surface area contributed by atoms with E-state index in [0.717, 1.165) is 7.11 Å². The van der Waals surface area contributed by atoms with Crippen molar-refractivity contribution in [3.05, 3.63) is 23.5 Å². The number of ether oxygens (including phenoxy) is 1. The predicted molar refractivity (Wildman–Crippen MR) is 48.2 cm³/mol. The standard InChI is InChI=1S/C8H6F2O5S/c1-15-6-3-5(9)7(16(10,13)14)2-4(6)8(11)12/h2-3H,1H3,(H,11,12). The highest BCUT2D eigenvalue weighted by molar-refractivity contribution is 7.86. The Morgan fingerprint density at radius 2 is 2.00 bits per heavy atom. The lowest BCUT2D eigenvalue weighted by molar-refractivity contribution is 0.0693. The van der Waals surface area contributed by atoms with Crippen molar-refractivity contribution in [1.29, 1.82) is 0 Å². The van der Waals surface area contributed by atoms with Gasteiger partial charge in [0.15, 0.2) is 0 Å². The van der Waals surface area contributed by atoms with Gasteiger partial charge in [0.1, 0.15) is 22.0 Å². The van der Waals surface area contributed by atoms with Crippen LogP contribution in [0.25, 0.3) is 0 Å².